The Morgan fingerprint density at radius 2 is 1.92 bits per heavy atom. The van der Waals surface area contributed by atoms with E-state index in [0.717, 1.165) is 17.7 Å². The van der Waals surface area contributed by atoms with Crippen LogP contribution in [-0.2, 0) is 6.42 Å². The van der Waals surface area contributed by atoms with Crippen molar-refractivity contribution in [3.8, 4) is 17.1 Å². The normalized spacial score (nSPS) is 12.5. The first kappa shape index (κ1) is 16.2. The van der Waals surface area contributed by atoms with E-state index in [1.54, 1.807) is 12.1 Å². The predicted molar refractivity (Wildman–Crippen MR) is 92.6 cm³/mol. The zero-order valence-corrected chi connectivity index (χ0v) is 13.9. The lowest BCUT2D eigenvalue weighted by atomic mass is 10.1. The first-order valence-electron chi connectivity index (χ1n) is 8.00. The fourth-order valence-electron chi connectivity index (χ4n) is 2.57. The van der Waals surface area contributed by atoms with Gasteiger partial charge in [-0.1, -0.05) is 47.6 Å². The summed E-state index contributed by atoms with van der Waals surface area (Å²) in [5, 5.41) is 13.7. The van der Waals surface area contributed by atoms with Crippen LogP contribution in [0.1, 0.15) is 24.4 Å². The molecular weight excluding hydrogens is 302 g/mol. The molecule has 3 rings (SSSR count). The van der Waals surface area contributed by atoms with Crippen LogP contribution in [0.25, 0.3) is 11.4 Å². The zero-order valence-electron chi connectivity index (χ0n) is 13.9. The molecule has 1 heterocycles. The fraction of sp³-hybridized carbons (Fsp3) is 0.263. The van der Waals surface area contributed by atoms with E-state index in [1.807, 2.05) is 49.5 Å². The van der Waals surface area contributed by atoms with E-state index in [4.69, 9.17) is 4.52 Å². The molecule has 0 aliphatic rings. The zero-order chi connectivity index (χ0) is 16.9. The van der Waals surface area contributed by atoms with Gasteiger partial charge in [0.1, 0.15) is 5.75 Å². The Bertz CT molecular complexity index is 786. The van der Waals surface area contributed by atoms with Crippen molar-refractivity contribution < 1.29 is 9.63 Å². The molecule has 0 saturated carbocycles. The molecule has 1 aromatic heterocycles. The van der Waals surface area contributed by atoms with Crippen LogP contribution in [0.3, 0.4) is 0 Å². The molecule has 0 fully saturated rings. The number of phenolic OH excluding ortho intramolecular Hbond substituents is 1. The highest BCUT2D eigenvalue weighted by atomic mass is 16.5. The van der Waals surface area contributed by atoms with E-state index in [2.05, 4.69) is 22.0 Å². The molecule has 0 saturated heterocycles. The fourth-order valence-corrected chi connectivity index (χ4v) is 2.57. The van der Waals surface area contributed by atoms with E-state index in [-0.39, 0.29) is 11.8 Å². The Labute approximate surface area is 141 Å². The van der Waals surface area contributed by atoms with Gasteiger partial charge in [-0.2, -0.15) is 4.98 Å². The molecule has 5 heteroatoms. The summed E-state index contributed by atoms with van der Waals surface area (Å²) in [6.45, 7) is 2.89. The van der Waals surface area contributed by atoms with Gasteiger partial charge in [-0.3, -0.25) is 4.90 Å². The van der Waals surface area contributed by atoms with E-state index in [1.165, 1.54) is 0 Å². The van der Waals surface area contributed by atoms with Gasteiger partial charge in [-0.05, 0) is 31.7 Å². The van der Waals surface area contributed by atoms with Crippen LogP contribution >= 0.6 is 0 Å². The number of likely N-dealkylation sites (N-methyl/N-ethyl adjacent to an activating group) is 1. The highest BCUT2D eigenvalue weighted by molar-refractivity contribution is 5.53. The van der Waals surface area contributed by atoms with Gasteiger partial charge in [0.25, 0.3) is 0 Å². The summed E-state index contributed by atoms with van der Waals surface area (Å²) in [5.74, 6) is 1.54. The molecule has 5 nitrogen and oxygen atoms in total. The number of aromatic nitrogens is 2. The van der Waals surface area contributed by atoms with Gasteiger partial charge in [-0.25, -0.2) is 0 Å². The maximum absolute atomic E-state index is 9.61. The number of rotatable bonds is 6. The summed E-state index contributed by atoms with van der Waals surface area (Å²) in [6.07, 6.45) is 0.680. The van der Waals surface area contributed by atoms with Crippen LogP contribution in [0.4, 0.5) is 0 Å². The highest BCUT2D eigenvalue weighted by Gasteiger charge is 2.14. The first-order chi connectivity index (χ1) is 11.6. The summed E-state index contributed by atoms with van der Waals surface area (Å²) in [7, 11) is 2.04. The Morgan fingerprint density at radius 1 is 1.12 bits per heavy atom. The maximum Gasteiger partial charge on any atom is 0.228 e. The molecule has 0 amide bonds. The first-order valence-corrected chi connectivity index (χ1v) is 8.00. The van der Waals surface area contributed by atoms with Crippen molar-refractivity contribution in [2.24, 2.45) is 0 Å². The van der Waals surface area contributed by atoms with Gasteiger partial charge in [0.15, 0.2) is 0 Å². The Morgan fingerprint density at radius 3 is 2.67 bits per heavy atom. The number of hydrogen-bond donors (Lipinski definition) is 1. The molecule has 24 heavy (non-hydrogen) atoms. The number of phenols is 1. The van der Waals surface area contributed by atoms with Crippen LogP contribution in [0.5, 0.6) is 5.75 Å². The molecule has 1 atom stereocenters. The van der Waals surface area contributed by atoms with Gasteiger partial charge < -0.3 is 9.63 Å². The topological polar surface area (TPSA) is 62.4 Å². The van der Waals surface area contributed by atoms with Crippen molar-refractivity contribution in [1.29, 1.82) is 0 Å². The lowest BCUT2D eigenvalue weighted by molar-refractivity contribution is 0.251. The van der Waals surface area contributed by atoms with Crippen molar-refractivity contribution in [2.75, 3.05) is 13.6 Å². The van der Waals surface area contributed by atoms with E-state index in [9.17, 15) is 5.11 Å². The van der Waals surface area contributed by atoms with Crippen LogP contribution in [0, 0.1) is 0 Å². The summed E-state index contributed by atoms with van der Waals surface area (Å²) in [6, 6.07) is 17.3. The van der Waals surface area contributed by atoms with Gasteiger partial charge in [0.05, 0.1) is 0 Å². The highest BCUT2D eigenvalue weighted by Crippen LogP contribution is 2.22. The molecule has 124 valence electrons. The summed E-state index contributed by atoms with van der Waals surface area (Å²) in [5.41, 5.74) is 2.03. The van der Waals surface area contributed by atoms with Crippen molar-refractivity contribution in [3.63, 3.8) is 0 Å². The largest absolute Gasteiger partial charge is 0.508 e. The van der Waals surface area contributed by atoms with Crippen LogP contribution in [0.2, 0.25) is 0 Å². The second-order valence-corrected chi connectivity index (χ2v) is 5.88. The second kappa shape index (κ2) is 7.27. The molecule has 0 unspecified atom stereocenters. The van der Waals surface area contributed by atoms with Crippen molar-refractivity contribution in [2.45, 2.75) is 19.4 Å². The van der Waals surface area contributed by atoms with Gasteiger partial charge >= 0.3 is 0 Å². The quantitative estimate of drug-likeness (QED) is 0.750. The smallest absolute Gasteiger partial charge is 0.228 e. The van der Waals surface area contributed by atoms with E-state index >= 15 is 0 Å². The summed E-state index contributed by atoms with van der Waals surface area (Å²) < 4.78 is 5.35. The van der Waals surface area contributed by atoms with Crippen LogP contribution in [-0.4, -0.2) is 33.7 Å². The number of aromatic hydroxyl groups is 1. The minimum absolute atomic E-state index is 0.189. The minimum atomic E-state index is 0.189. The van der Waals surface area contributed by atoms with Crippen molar-refractivity contribution in [3.05, 3.63) is 66.1 Å². The lowest BCUT2D eigenvalue weighted by Gasteiger charge is -2.24. The van der Waals surface area contributed by atoms with Crippen LogP contribution in [0.15, 0.2) is 59.1 Å². The van der Waals surface area contributed by atoms with Gasteiger partial charge in [-0.15, -0.1) is 0 Å². The third kappa shape index (κ3) is 3.81. The van der Waals surface area contributed by atoms with Crippen molar-refractivity contribution >= 4 is 0 Å². The lowest BCUT2D eigenvalue weighted by Crippen LogP contribution is -2.24. The van der Waals surface area contributed by atoms with Gasteiger partial charge in [0.2, 0.25) is 11.7 Å². The average Bonchev–Trinajstić information content (AvgIpc) is 3.09. The molecule has 2 aromatic carbocycles. The van der Waals surface area contributed by atoms with Gasteiger partial charge in [0, 0.05) is 24.6 Å². The van der Waals surface area contributed by atoms with Crippen LogP contribution < -0.4 is 0 Å². The summed E-state index contributed by atoms with van der Waals surface area (Å²) >= 11 is 0. The average molecular weight is 323 g/mol. The monoisotopic (exact) mass is 323 g/mol. The van der Waals surface area contributed by atoms with E-state index < -0.39 is 0 Å². The molecular formula is C19H21N3O2. The maximum atomic E-state index is 9.61. The Hall–Kier alpha value is -2.66. The molecule has 0 aliphatic carbocycles. The predicted octanol–water partition coefficient (Wildman–Crippen LogP) is 3.68. The number of benzene rings is 2. The molecule has 0 aliphatic heterocycles. The molecule has 3 aromatic rings. The third-order valence-electron chi connectivity index (χ3n) is 4.19. The van der Waals surface area contributed by atoms with E-state index in [0.29, 0.717) is 18.1 Å². The SMILES string of the molecule is C[C@@H](c1cccc(O)c1)N(C)CCc1nc(-c2ccccc2)no1. The Balaban J connectivity index is 1.60. The molecule has 0 bridgehead atoms. The molecule has 1 N–H and O–H groups in total. The standard InChI is InChI=1S/C19H21N3O2/c1-14(16-9-6-10-17(23)13-16)22(2)12-11-18-20-19(21-24-18)15-7-4-3-5-8-15/h3-10,13-14,23H,11-12H2,1-2H3/t14-/m0/s1. The third-order valence-corrected chi connectivity index (χ3v) is 4.19. The number of nitrogens with zero attached hydrogens (tertiary/aromatic N) is 3. The second-order valence-electron chi connectivity index (χ2n) is 5.88. The molecule has 0 spiro atoms. The Kier molecular flexibility index (Phi) is 4.91. The minimum Gasteiger partial charge on any atom is -0.508 e. The number of hydrogen-bond acceptors (Lipinski definition) is 5. The molecule has 0 radical (unpaired) electrons. The summed E-state index contributed by atoms with van der Waals surface area (Å²) in [4.78, 5) is 6.65. The van der Waals surface area contributed by atoms with Crippen molar-refractivity contribution in [1.82, 2.24) is 15.0 Å².